The molecule has 0 radical (unpaired) electrons. The summed E-state index contributed by atoms with van der Waals surface area (Å²) < 4.78 is 25.4. The van der Waals surface area contributed by atoms with E-state index < -0.39 is 10.0 Å². The molecule has 1 amide bonds. The third kappa shape index (κ3) is 4.68. The molecule has 0 aliphatic carbocycles. The number of nitrogens with zero attached hydrogens (tertiary/aromatic N) is 1. The van der Waals surface area contributed by atoms with E-state index in [-0.39, 0.29) is 24.1 Å². The van der Waals surface area contributed by atoms with Gasteiger partial charge in [-0.15, -0.1) is 12.4 Å². The maximum atomic E-state index is 12.2. The molecule has 1 aliphatic heterocycles. The summed E-state index contributed by atoms with van der Waals surface area (Å²) in [5.41, 5.74) is 8.67. The van der Waals surface area contributed by atoms with Crippen molar-refractivity contribution >= 4 is 45.4 Å². The largest absolute Gasteiger partial charge is 0.399 e. The number of halogens is 1. The number of anilines is 3. The van der Waals surface area contributed by atoms with Crippen LogP contribution in [0.1, 0.15) is 18.4 Å². The Morgan fingerprint density at radius 3 is 2.62 bits per heavy atom. The highest BCUT2D eigenvalue weighted by atomic mass is 35.5. The number of benzene rings is 2. The minimum Gasteiger partial charge on any atom is -0.399 e. The van der Waals surface area contributed by atoms with Crippen LogP contribution in [0.3, 0.4) is 0 Å². The normalized spacial score (nSPS) is 15.3. The Labute approximate surface area is 159 Å². The van der Waals surface area contributed by atoms with Crippen LogP contribution in [0.4, 0.5) is 17.1 Å². The number of nitrogens with two attached hydrogens (primary N) is 1. The van der Waals surface area contributed by atoms with E-state index in [2.05, 4.69) is 5.32 Å². The zero-order valence-electron chi connectivity index (χ0n) is 14.2. The molecule has 0 spiro atoms. The van der Waals surface area contributed by atoms with Crippen molar-refractivity contribution in [1.82, 2.24) is 0 Å². The van der Waals surface area contributed by atoms with Gasteiger partial charge in [0, 0.05) is 24.3 Å². The summed E-state index contributed by atoms with van der Waals surface area (Å²) in [5.74, 6) is 0.0342. The highest BCUT2D eigenvalue weighted by Crippen LogP contribution is 2.26. The molecule has 1 aliphatic rings. The first-order chi connectivity index (χ1) is 12.0. The van der Waals surface area contributed by atoms with Crippen LogP contribution in [0, 0.1) is 0 Å². The van der Waals surface area contributed by atoms with E-state index in [0.29, 0.717) is 42.9 Å². The topological polar surface area (TPSA) is 92.5 Å². The van der Waals surface area contributed by atoms with Crippen molar-refractivity contribution in [1.29, 1.82) is 0 Å². The van der Waals surface area contributed by atoms with E-state index in [9.17, 15) is 13.2 Å². The Balaban J connectivity index is 0.00000243. The summed E-state index contributed by atoms with van der Waals surface area (Å²) in [4.78, 5) is 12.2. The van der Waals surface area contributed by atoms with E-state index >= 15 is 0 Å². The maximum absolute atomic E-state index is 12.2. The SMILES string of the molecule is Cl.Nc1ccccc1CCC(=O)Nc1cccc(N2CCCS2(=O)=O)c1. The molecule has 1 saturated heterocycles. The molecule has 3 rings (SSSR count). The molecule has 2 aromatic rings. The standard InChI is InChI=1S/C18H21N3O3S.ClH/c19-17-8-2-1-5-14(17)9-10-18(22)20-15-6-3-7-16(13-15)21-11-4-12-25(21,23)24;/h1-3,5-8,13H,4,9-12,19H2,(H,20,22);1H. The summed E-state index contributed by atoms with van der Waals surface area (Å²) in [7, 11) is -3.23. The van der Waals surface area contributed by atoms with Crippen LogP contribution in [0.15, 0.2) is 48.5 Å². The summed E-state index contributed by atoms with van der Waals surface area (Å²) in [6, 6.07) is 14.4. The molecule has 1 fully saturated rings. The third-order valence-corrected chi connectivity index (χ3v) is 6.06. The Morgan fingerprint density at radius 1 is 1.15 bits per heavy atom. The average Bonchev–Trinajstić information content (AvgIpc) is 2.93. The van der Waals surface area contributed by atoms with Crippen molar-refractivity contribution in [3.63, 3.8) is 0 Å². The van der Waals surface area contributed by atoms with Crippen molar-refractivity contribution in [3.8, 4) is 0 Å². The maximum Gasteiger partial charge on any atom is 0.235 e. The summed E-state index contributed by atoms with van der Waals surface area (Å²) >= 11 is 0. The van der Waals surface area contributed by atoms with Crippen LogP contribution in [-0.4, -0.2) is 26.6 Å². The smallest absolute Gasteiger partial charge is 0.235 e. The number of carbonyl (C=O) groups is 1. The molecular formula is C18H22ClN3O3S. The second-order valence-electron chi connectivity index (χ2n) is 6.04. The van der Waals surface area contributed by atoms with Gasteiger partial charge in [0.15, 0.2) is 0 Å². The van der Waals surface area contributed by atoms with Gasteiger partial charge in [-0.25, -0.2) is 8.42 Å². The monoisotopic (exact) mass is 395 g/mol. The fourth-order valence-electron chi connectivity index (χ4n) is 2.90. The summed E-state index contributed by atoms with van der Waals surface area (Å²) in [5, 5.41) is 2.82. The molecule has 0 atom stereocenters. The predicted molar refractivity (Wildman–Crippen MR) is 107 cm³/mol. The second kappa shape index (κ2) is 8.42. The number of carbonyl (C=O) groups excluding carboxylic acids is 1. The van der Waals surface area contributed by atoms with Gasteiger partial charge < -0.3 is 11.1 Å². The summed E-state index contributed by atoms with van der Waals surface area (Å²) in [6.45, 7) is 0.479. The van der Waals surface area contributed by atoms with Gasteiger partial charge in [0.05, 0.1) is 11.4 Å². The number of sulfonamides is 1. The Kier molecular flexibility index (Phi) is 6.50. The third-order valence-electron chi connectivity index (χ3n) is 4.19. The van der Waals surface area contributed by atoms with Crippen molar-refractivity contribution in [2.24, 2.45) is 0 Å². The first kappa shape index (κ1) is 20.1. The Bertz CT molecular complexity index is 887. The molecule has 6 nitrogen and oxygen atoms in total. The second-order valence-corrected chi connectivity index (χ2v) is 8.05. The van der Waals surface area contributed by atoms with Gasteiger partial charge in [0.1, 0.15) is 0 Å². The highest BCUT2D eigenvalue weighted by molar-refractivity contribution is 7.93. The highest BCUT2D eigenvalue weighted by Gasteiger charge is 2.28. The molecule has 0 saturated carbocycles. The number of para-hydroxylation sites is 1. The zero-order valence-corrected chi connectivity index (χ0v) is 15.9. The average molecular weight is 396 g/mol. The van der Waals surface area contributed by atoms with Gasteiger partial charge in [-0.1, -0.05) is 24.3 Å². The first-order valence-corrected chi connectivity index (χ1v) is 9.80. The van der Waals surface area contributed by atoms with Gasteiger partial charge in [-0.05, 0) is 42.7 Å². The lowest BCUT2D eigenvalue weighted by Crippen LogP contribution is -2.25. The number of aryl methyl sites for hydroxylation is 1. The molecule has 3 N–H and O–H groups in total. The van der Waals surface area contributed by atoms with E-state index in [1.807, 2.05) is 24.3 Å². The fourth-order valence-corrected chi connectivity index (χ4v) is 4.46. The molecule has 2 aromatic carbocycles. The number of rotatable bonds is 5. The molecule has 26 heavy (non-hydrogen) atoms. The Morgan fingerprint density at radius 2 is 1.92 bits per heavy atom. The van der Waals surface area contributed by atoms with Crippen molar-refractivity contribution in [2.75, 3.05) is 27.7 Å². The van der Waals surface area contributed by atoms with Crippen LogP contribution < -0.4 is 15.4 Å². The van der Waals surface area contributed by atoms with Crippen LogP contribution in [0.25, 0.3) is 0 Å². The molecular weight excluding hydrogens is 374 g/mol. The molecule has 1 heterocycles. The lowest BCUT2D eigenvalue weighted by molar-refractivity contribution is -0.116. The van der Waals surface area contributed by atoms with E-state index in [4.69, 9.17) is 5.73 Å². The van der Waals surface area contributed by atoms with E-state index in [1.165, 1.54) is 4.31 Å². The van der Waals surface area contributed by atoms with Gasteiger partial charge in [-0.2, -0.15) is 0 Å². The molecule has 8 heteroatoms. The molecule has 0 aromatic heterocycles. The van der Waals surface area contributed by atoms with Gasteiger partial charge in [0.2, 0.25) is 15.9 Å². The first-order valence-electron chi connectivity index (χ1n) is 8.19. The number of hydrogen-bond acceptors (Lipinski definition) is 4. The molecule has 0 unspecified atom stereocenters. The number of nitrogens with one attached hydrogen (secondary N) is 1. The number of nitrogen functional groups attached to an aromatic ring is 1. The lowest BCUT2D eigenvalue weighted by Gasteiger charge is -2.17. The lowest BCUT2D eigenvalue weighted by atomic mass is 10.1. The minimum atomic E-state index is -3.23. The molecule has 140 valence electrons. The predicted octanol–water partition coefficient (Wildman–Crippen LogP) is 2.80. The van der Waals surface area contributed by atoms with Crippen LogP contribution in [-0.2, 0) is 21.2 Å². The van der Waals surface area contributed by atoms with Gasteiger partial charge >= 0.3 is 0 Å². The van der Waals surface area contributed by atoms with E-state index in [1.54, 1.807) is 24.3 Å². The zero-order chi connectivity index (χ0) is 17.9. The van der Waals surface area contributed by atoms with Crippen molar-refractivity contribution in [3.05, 3.63) is 54.1 Å². The summed E-state index contributed by atoms with van der Waals surface area (Å²) in [6.07, 6.45) is 1.48. The van der Waals surface area contributed by atoms with E-state index in [0.717, 1.165) is 5.56 Å². The van der Waals surface area contributed by atoms with Crippen molar-refractivity contribution < 1.29 is 13.2 Å². The minimum absolute atomic E-state index is 0. The molecule has 0 bridgehead atoms. The van der Waals surface area contributed by atoms with Gasteiger partial charge in [0.25, 0.3) is 0 Å². The van der Waals surface area contributed by atoms with Crippen molar-refractivity contribution in [2.45, 2.75) is 19.3 Å². The fraction of sp³-hybridized carbons (Fsp3) is 0.278. The number of hydrogen-bond donors (Lipinski definition) is 2. The van der Waals surface area contributed by atoms with Crippen LogP contribution in [0.2, 0.25) is 0 Å². The number of amides is 1. The Hall–Kier alpha value is -2.25. The van der Waals surface area contributed by atoms with Crippen LogP contribution in [0.5, 0.6) is 0 Å². The van der Waals surface area contributed by atoms with Gasteiger partial charge in [-0.3, -0.25) is 9.10 Å². The van der Waals surface area contributed by atoms with Crippen LogP contribution >= 0.6 is 12.4 Å². The quantitative estimate of drug-likeness (QED) is 0.761.